The van der Waals surface area contributed by atoms with Crippen LogP contribution in [0.1, 0.15) is 118 Å². The lowest BCUT2D eigenvalue weighted by Gasteiger charge is -2.29. The molecule has 0 aliphatic rings. The Morgan fingerprint density at radius 1 is 0.478 bits per heavy atom. The van der Waals surface area contributed by atoms with Gasteiger partial charge in [-0.3, -0.25) is 57.5 Å². The standard InChI is InChI=1S/C41H71N11O15/c1-6-21(4)33(52-34(59)23(43)10-16-31(55)56)40(65)50-27(13-17-32(57)58)37(62)49-25(11-14-29(44)53)36(61)47-24(9-7-8-18-42)35(60)48-26(12-15-30(45)54)38(63)51-28(19-20(2)3)39(64)46-22(5)41(66)67/h20-28,33H,6-19,42-43H2,1-5H3,(H2,44,53)(H2,45,54)(H,46,64)(H,47,61)(H,48,60)(H,49,62)(H,50,65)(H,51,63)(H,52,59)(H,55,56)(H,57,58)(H,66,67)/t21-,22-,23-,24-,25-,26-,27-,28-,33-/m0/s1. The normalized spacial score (nSPS) is 15.0. The highest BCUT2D eigenvalue weighted by Crippen LogP contribution is 2.13. The zero-order chi connectivity index (χ0) is 51.6. The first-order chi connectivity index (χ1) is 31.2. The first-order valence-electron chi connectivity index (χ1n) is 22.0. The molecule has 9 amide bonds. The zero-order valence-electron chi connectivity index (χ0n) is 38.7. The highest BCUT2D eigenvalue weighted by Gasteiger charge is 2.35. The van der Waals surface area contributed by atoms with Crippen LogP contribution in [0.3, 0.4) is 0 Å². The third-order valence-corrected chi connectivity index (χ3v) is 10.4. The number of primary amides is 2. The number of aliphatic carboxylic acids is 3. The highest BCUT2D eigenvalue weighted by atomic mass is 16.4. The number of amides is 9. The molecule has 0 aromatic carbocycles. The Kier molecular flexibility index (Phi) is 28.4. The van der Waals surface area contributed by atoms with E-state index in [4.69, 9.17) is 28.0 Å². The number of hydrogen-bond donors (Lipinski definition) is 14. The van der Waals surface area contributed by atoms with Crippen LogP contribution in [-0.4, -0.2) is 141 Å². The fraction of sp³-hybridized carbons (Fsp3) is 0.707. The van der Waals surface area contributed by atoms with Gasteiger partial charge in [-0.1, -0.05) is 34.1 Å². The molecule has 0 radical (unpaired) electrons. The second kappa shape index (κ2) is 31.5. The van der Waals surface area contributed by atoms with Gasteiger partial charge in [-0.25, -0.2) is 0 Å². The van der Waals surface area contributed by atoms with Gasteiger partial charge in [0.25, 0.3) is 0 Å². The molecule has 0 aliphatic carbocycles. The van der Waals surface area contributed by atoms with Gasteiger partial charge < -0.3 is 75.5 Å². The molecule has 0 aromatic heterocycles. The number of carbonyl (C=O) groups is 12. The summed E-state index contributed by atoms with van der Waals surface area (Å²) in [5.74, 6) is -13.2. The summed E-state index contributed by atoms with van der Waals surface area (Å²) < 4.78 is 0. The van der Waals surface area contributed by atoms with Crippen LogP contribution in [0, 0.1) is 11.8 Å². The summed E-state index contributed by atoms with van der Waals surface area (Å²) in [5.41, 5.74) is 22.2. The molecule has 0 spiro atoms. The number of carbonyl (C=O) groups excluding carboxylic acids is 9. The second-order valence-corrected chi connectivity index (χ2v) is 16.6. The summed E-state index contributed by atoms with van der Waals surface area (Å²) >= 11 is 0. The van der Waals surface area contributed by atoms with Crippen molar-refractivity contribution in [1.29, 1.82) is 0 Å². The monoisotopic (exact) mass is 958 g/mol. The van der Waals surface area contributed by atoms with E-state index in [0.717, 1.165) is 0 Å². The first-order valence-corrected chi connectivity index (χ1v) is 22.0. The van der Waals surface area contributed by atoms with E-state index in [1.54, 1.807) is 27.7 Å². The van der Waals surface area contributed by atoms with E-state index >= 15 is 0 Å². The van der Waals surface area contributed by atoms with Gasteiger partial charge in [0.15, 0.2) is 0 Å². The van der Waals surface area contributed by atoms with Gasteiger partial charge in [-0.05, 0) is 76.7 Å². The maximum absolute atomic E-state index is 14.0. The molecule has 0 bridgehead atoms. The van der Waals surface area contributed by atoms with Gasteiger partial charge in [0, 0.05) is 25.7 Å². The Hall–Kier alpha value is -6.44. The Bertz CT molecular complexity index is 1750. The fourth-order valence-corrected chi connectivity index (χ4v) is 6.21. The molecule has 0 heterocycles. The summed E-state index contributed by atoms with van der Waals surface area (Å²) in [6.07, 6.45) is -2.85. The first kappa shape index (κ1) is 60.6. The summed E-state index contributed by atoms with van der Waals surface area (Å²) in [7, 11) is 0. The van der Waals surface area contributed by atoms with Crippen LogP contribution < -0.4 is 60.2 Å². The molecule has 26 nitrogen and oxygen atoms in total. The molecular weight excluding hydrogens is 887 g/mol. The van der Waals surface area contributed by atoms with Crippen molar-refractivity contribution in [3.63, 3.8) is 0 Å². The molecular formula is C41H71N11O15. The fourth-order valence-electron chi connectivity index (χ4n) is 6.21. The predicted octanol–water partition coefficient (Wildman–Crippen LogP) is -3.71. The molecule has 0 aliphatic heterocycles. The molecule has 0 saturated heterocycles. The van der Waals surface area contributed by atoms with Gasteiger partial charge >= 0.3 is 17.9 Å². The van der Waals surface area contributed by atoms with Crippen LogP contribution in [0.25, 0.3) is 0 Å². The van der Waals surface area contributed by atoms with Crippen molar-refractivity contribution < 1.29 is 72.9 Å². The molecule has 67 heavy (non-hydrogen) atoms. The third kappa shape index (κ3) is 25.2. The van der Waals surface area contributed by atoms with Crippen LogP contribution in [-0.2, 0) is 57.5 Å². The van der Waals surface area contributed by atoms with Crippen molar-refractivity contribution in [1.82, 2.24) is 37.2 Å². The maximum Gasteiger partial charge on any atom is 0.325 e. The summed E-state index contributed by atoms with van der Waals surface area (Å²) in [6.45, 7) is 8.13. The molecule has 0 saturated carbocycles. The average molecular weight is 958 g/mol. The topological polar surface area (TPSA) is 454 Å². The smallest absolute Gasteiger partial charge is 0.325 e. The number of carboxylic acids is 3. The van der Waals surface area contributed by atoms with Gasteiger partial charge in [0.05, 0.1) is 6.04 Å². The zero-order valence-corrected chi connectivity index (χ0v) is 38.7. The van der Waals surface area contributed by atoms with Crippen LogP contribution in [0.15, 0.2) is 0 Å². The number of hydrogen-bond acceptors (Lipinski definition) is 14. The second-order valence-electron chi connectivity index (χ2n) is 16.6. The molecule has 0 aromatic rings. The SMILES string of the molecule is CC[C@H](C)[C@H](NC(=O)[C@@H](N)CCC(=O)O)C(=O)N[C@@H](CCC(=O)O)C(=O)N[C@@H](CCC(N)=O)C(=O)N[C@@H](CCCCN)C(=O)N[C@@H](CCC(N)=O)C(=O)N[C@@H](CC(C)C)C(=O)N[C@@H](C)C(=O)O. The largest absolute Gasteiger partial charge is 0.481 e. The predicted molar refractivity (Wildman–Crippen MR) is 237 cm³/mol. The Morgan fingerprint density at radius 3 is 1.25 bits per heavy atom. The minimum atomic E-state index is -1.67. The van der Waals surface area contributed by atoms with E-state index in [0.29, 0.717) is 12.8 Å². The molecule has 0 rings (SSSR count). The van der Waals surface area contributed by atoms with Crippen molar-refractivity contribution in [2.75, 3.05) is 6.54 Å². The van der Waals surface area contributed by atoms with Crippen molar-refractivity contribution in [2.24, 2.45) is 34.8 Å². The van der Waals surface area contributed by atoms with Gasteiger partial charge in [-0.15, -0.1) is 0 Å². The van der Waals surface area contributed by atoms with Crippen molar-refractivity contribution in [3.8, 4) is 0 Å². The van der Waals surface area contributed by atoms with Crippen LogP contribution >= 0.6 is 0 Å². The quantitative estimate of drug-likeness (QED) is 0.0272. The van der Waals surface area contributed by atoms with Crippen LogP contribution in [0.4, 0.5) is 0 Å². The van der Waals surface area contributed by atoms with Crippen LogP contribution in [0.2, 0.25) is 0 Å². The Balaban J connectivity index is 6.75. The Labute approximate surface area is 388 Å². The molecule has 9 atom stereocenters. The molecule has 0 unspecified atom stereocenters. The molecule has 0 fully saturated rings. The van der Waals surface area contributed by atoms with E-state index in [-0.39, 0.29) is 44.6 Å². The van der Waals surface area contributed by atoms with Gasteiger partial charge in [0.2, 0.25) is 53.2 Å². The molecule has 26 heteroatoms. The average Bonchev–Trinajstić information content (AvgIpc) is 3.24. The minimum absolute atomic E-state index is 0.0390. The summed E-state index contributed by atoms with van der Waals surface area (Å²) in [5, 5.41) is 44.6. The van der Waals surface area contributed by atoms with E-state index in [1.807, 2.05) is 0 Å². The number of unbranched alkanes of at least 4 members (excludes halogenated alkanes) is 1. The van der Waals surface area contributed by atoms with E-state index in [1.165, 1.54) is 6.92 Å². The summed E-state index contributed by atoms with van der Waals surface area (Å²) in [6, 6.07) is -11.6. The molecule has 18 N–H and O–H groups in total. The van der Waals surface area contributed by atoms with Crippen LogP contribution in [0.5, 0.6) is 0 Å². The number of rotatable bonds is 35. The lowest BCUT2D eigenvalue weighted by Crippen LogP contribution is -2.60. The number of nitrogens with one attached hydrogen (secondary N) is 7. The highest BCUT2D eigenvalue weighted by molar-refractivity contribution is 5.98. The summed E-state index contributed by atoms with van der Waals surface area (Å²) in [4.78, 5) is 153. The Morgan fingerprint density at radius 2 is 0.866 bits per heavy atom. The van der Waals surface area contributed by atoms with E-state index in [2.05, 4.69) is 37.2 Å². The van der Waals surface area contributed by atoms with Crippen molar-refractivity contribution in [2.45, 2.75) is 166 Å². The maximum atomic E-state index is 14.0. The lowest BCUT2D eigenvalue weighted by molar-refractivity contribution is -0.142. The van der Waals surface area contributed by atoms with Crippen molar-refractivity contribution >= 4 is 71.1 Å². The number of nitrogens with two attached hydrogens (primary N) is 4. The number of carboxylic acid groups (broad SMARTS) is 3. The lowest BCUT2D eigenvalue weighted by atomic mass is 9.96. The van der Waals surface area contributed by atoms with Gasteiger partial charge in [0.1, 0.15) is 42.3 Å². The van der Waals surface area contributed by atoms with Gasteiger partial charge in [-0.2, -0.15) is 0 Å². The van der Waals surface area contributed by atoms with Crippen molar-refractivity contribution in [3.05, 3.63) is 0 Å². The third-order valence-electron chi connectivity index (χ3n) is 10.4. The van der Waals surface area contributed by atoms with E-state index < -0.39 is 164 Å². The van der Waals surface area contributed by atoms with E-state index in [9.17, 15) is 67.7 Å². The minimum Gasteiger partial charge on any atom is -0.481 e. The molecule has 380 valence electrons.